The number of carbonyl (C=O) groups excluding carboxylic acids is 2. The third-order valence-electron chi connectivity index (χ3n) is 4.74. The monoisotopic (exact) mass is 307 g/mol. The molecule has 120 valence electrons. The van der Waals surface area contributed by atoms with Crippen molar-refractivity contribution in [3.8, 4) is 0 Å². The van der Waals surface area contributed by atoms with Crippen LogP contribution in [0.5, 0.6) is 0 Å². The van der Waals surface area contributed by atoms with Crippen molar-refractivity contribution in [2.75, 3.05) is 13.1 Å². The summed E-state index contributed by atoms with van der Waals surface area (Å²) in [4.78, 5) is 36.9. The zero-order chi connectivity index (χ0) is 15.5. The molecule has 0 radical (unpaired) electrons. The first-order chi connectivity index (χ1) is 10.6. The van der Waals surface area contributed by atoms with Gasteiger partial charge in [-0.25, -0.2) is 9.89 Å². The van der Waals surface area contributed by atoms with Crippen LogP contribution in [0.2, 0.25) is 0 Å². The van der Waals surface area contributed by atoms with Crippen LogP contribution in [0.15, 0.2) is 9.21 Å². The number of amides is 1. The van der Waals surface area contributed by atoms with Gasteiger partial charge < -0.3 is 9.32 Å². The van der Waals surface area contributed by atoms with Crippen LogP contribution in [0.4, 0.5) is 0 Å². The van der Waals surface area contributed by atoms with Gasteiger partial charge in [0.05, 0.1) is 0 Å². The molecule has 0 bridgehead atoms. The number of likely N-dealkylation sites (tertiary alicyclic amines) is 1. The standard InChI is InChI=1S/C15H21N3O4/c19-12-3-1-2-11(4-5-12)14(20)18-8-6-10(7-9-18)13-16-17-15(21)22-13/h10-11H,1-9H2,(H,17,21). The lowest BCUT2D eigenvalue weighted by atomic mass is 9.93. The highest BCUT2D eigenvalue weighted by Crippen LogP contribution is 2.29. The van der Waals surface area contributed by atoms with Crippen LogP contribution in [-0.4, -0.2) is 39.9 Å². The molecule has 22 heavy (non-hydrogen) atoms. The Labute approximate surface area is 128 Å². The van der Waals surface area contributed by atoms with Crippen LogP contribution in [0.1, 0.15) is 56.8 Å². The van der Waals surface area contributed by atoms with Crippen molar-refractivity contribution in [3.05, 3.63) is 16.4 Å². The third kappa shape index (κ3) is 3.28. The minimum absolute atomic E-state index is 0.00804. The highest BCUT2D eigenvalue weighted by atomic mass is 16.4. The van der Waals surface area contributed by atoms with Crippen molar-refractivity contribution in [2.45, 2.75) is 50.9 Å². The lowest BCUT2D eigenvalue weighted by Crippen LogP contribution is -2.41. The summed E-state index contributed by atoms with van der Waals surface area (Å²) in [5, 5.41) is 6.15. The van der Waals surface area contributed by atoms with Crippen molar-refractivity contribution in [3.63, 3.8) is 0 Å². The highest BCUT2D eigenvalue weighted by molar-refractivity contribution is 5.82. The van der Waals surface area contributed by atoms with Gasteiger partial charge in [-0.2, -0.15) is 0 Å². The number of aromatic nitrogens is 2. The summed E-state index contributed by atoms with van der Waals surface area (Å²) in [7, 11) is 0. The molecule has 7 nitrogen and oxygen atoms in total. The van der Waals surface area contributed by atoms with Gasteiger partial charge in [-0.3, -0.25) is 9.59 Å². The molecule has 1 aromatic rings. The summed E-state index contributed by atoms with van der Waals surface area (Å²) in [6.07, 6.45) is 4.99. The van der Waals surface area contributed by atoms with Crippen molar-refractivity contribution in [1.82, 2.24) is 15.1 Å². The van der Waals surface area contributed by atoms with Crippen molar-refractivity contribution < 1.29 is 14.0 Å². The van der Waals surface area contributed by atoms with E-state index in [9.17, 15) is 14.4 Å². The quantitative estimate of drug-likeness (QED) is 0.829. The number of ketones is 1. The van der Waals surface area contributed by atoms with Crippen molar-refractivity contribution in [2.24, 2.45) is 5.92 Å². The number of carbonyl (C=O) groups is 2. The predicted molar refractivity (Wildman–Crippen MR) is 77.3 cm³/mol. The fourth-order valence-corrected chi connectivity index (χ4v) is 3.42. The number of Topliss-reactive ketones (excluding diaryl/α,β-unsaturated/α-hetero) is 1. The number of hydrogen-bond acceptors (Lipinski definition) is 5. The number of piperidine rings is 1. The molecule has 2 heterocycles. The summed E-state index contributed by atoms with van der Waals surface area (Å²) in [5.74, 6) is 0.456. The van der Waals surface area contributed by atoms with Crippen molar-refractivity contribution in [1.29, 1.82) is 0 Å². The molecular weight excluding hydrogens is 286 g/mol. The van der Waals surface area contributed by atoms with Crippen LogP contribution in [-0.2, 0) is 9.59 Å². The van der Waals surface area contributed by atoms with E-state index in [1.807, 2.05) is 4.90 Å². The summed E-state index contributed by atoms with van der Waals surface area (Å²) in [6, 6.07) is 0. The maximum absolute atomic E-state index is 12.6. The van der Waals surface area contributed by atoms with E-state index in [4.69, 9.17) is 4.42 Å². The van der Waals surface area contributed by atoms with E-state index in [-0.39, 0.29) is 23.5 Å². The number of nitrogens with one attached hydrogen (secondary N) is 1. The Kier molecular flexibility index (Phi) is 4.40. The van der Waals surface area contributed by atoms with Gasteiger partial charge in [0.25, 0.3) is 0 Å². The van der Waals surface area contributed by atoms with E-state index in [1.54, 1.807) is 0 Å². The average molecular weight is 307 g/mol. The molecule has 1 aliphatic carbocycles. The number of rotatable bonds is 2. The van der Waals surface area contributed by atoms with Crippen LogP contribution >= 0.6 is 0 Å². The summed E-state index contributed by atoms with van der Waals surface area (Å²) < 4.78 is 5.00. The van der Waals surface area contributed by atoms with Crippen LogP contribution in [0, 0.1) is 5.92 Å². The zero-order valence-corrected chi connectivity index (χ0v) is 12.5. The second-order valence-electron chi connectivity index (χ2n) is 6.22. The van der Waals surface area contributed by atoms with Gasteiger partial charge in [-0.05, 0) is 32.1 Å². The topological polar surface area (TPSA) is 96.3 Å². The fraction of sp³-hybridized carbons (Fsp3) is 0.733. The van der Waals surface area contributed by atoms with Crippen LogP contribution in [0.3, 0.4) is 0 Å². The van der Waals surface area contributed by atoms with E-state index in [0.29, 0.717) is 38.2 Å². The minimum Gasteiger partial charge on any atom is -0.392 e. The van der Waals surface area contributed by atoms with E-state index in [0.717, 1.165) is 25.7 Å². The van der Waals surface area contributed by atoms with Gasteiger partial charge in [0, 0.05) is 37.8 Å². The molecule has 1 atom stereocenters. The highest BCUT2D eigenvalue weighted by Gasteiger charge is 2.31. The SMILES string of the molecule is O=C1CCCC(C(=O)N2CCC(c3n[nH]c(=O)o3)CC2)CC1. The molecule has 1 unspecified atom stereocenters. The number of hydrogen-bond donors (Lipinski definition) is 1. The van der Waals surface area contributed by atoms with Crippen LogP contribution in [0.25, 0.3) is 0 Å². The van der Waals surface area contributed by atoms with Crippen molar-refractivity contribution >= 4 is 11.7 Å². The normalized spacial score (nSPS) is 24.3. The van der Waals surface area contributed by atoms with E-state index < -0.39 is 5.76 Å². The van der Waals surface area contributed by atoms with E-state index >= 15 is 0 Å². The fourth-order valence-electron chi connectivity index (χ4n) is 3.42. The first-order valence-corrected chi connectivity index (χ1v) is 7.99. The van der Waals surface area contributed by atoms with Gasteiger partial charge >= 0.3 is 5.76 Å². The number of nitrogens with zero attached hydrogens (tertiary/aromatic N) is 2. The molecule has 0 spiro atoms. The average Bonchev–Trinajstić information content (AvgIpc) is 2.84. The molecule has 1 saturated carbocycles. The largest absolute Gasteiger partial charge is 0.434 e. The molecule has 2 fully saturated rings. The molecule has 0 aromatic carbocycles. The van der Waals surface area contributed by atoms with Gasteiger partial charge in [-0.15, -0.1) is 5.10 Å². The Hall–Kier alpha value is -1.92. The van der Waals surface area contributed by atoms with E-state index in [1.165, 1.54) is 0 Å². The zero-order valence-electron chi connectivity index (χ0n) is 12.5. The van der Waals surface area contributed by atoms with Gasteiger partial charge in [-0.1, -0.05) is 0 Å². The molecule has 7 heteroatoms. The maximum Gasteiger partial charge on any atom is 0.434 e. The molecule has 2 aliphatic rings. The lowest BCUT2D eigenvalue weighted by Gasteiger charge is -2.32. The van der Waals surface area contributed by atoms with Crippen LogP contribution < -0.4 is 5.76 Å². The first kappa shape index (κ1) is 15.0. The molecular formula is C15H21N3O4. The minimum atomic E-state index is -0.531. The molecule has 1 aromatic heterocycles. The number of aromatic amines is 1. The summed E-state index contributed by atoms with van der Waals surface area (Å²) >= 11 is 0. The van der Waals surface area contributed by atoms with Gasteiger partial charge in [0.2, 0.25) is 11.8 Å². The Balaban J connectivity index is 1.55. The Morgan fingerprint density at radius 1 is 1.14 bits per heavy atom. The Bertz CT molecular complexity index is 598. The second-order valence-corrected chi connectivity index (χ2v) is 6.22. The predicted octanol–water partition coefficient (Wildman–Crippen LogP) is 1.22. The molecule has 3 rings (SSSR count). The molecule has 1 amide bonds. The maximum atomic E-state index is 12.6. The smallest absolute Gasteiger partial charge is 0.392 e. The Morgan fingerprint density at radius 2 is 1.91 bits per heavy atom. The van der Waals surface area contributed by atoms with Gasteiger partial charge in [0.1, 0.15) is 5.78 Å². The molecule has 1 aliphatic heterocycles. The van der Waals surface area contributed by atoms with E-state index in [2.05, 4.69) is 10.2 Å². The summed E-state index contributed by atoms with van der Waals surface area (Å²) in [5.41, 5.74) is 0. The summed E-state index contributed by atoms with van der Waals surface area (Å²) in [6.45, 7) is 1.31. The molecule has 1 N–H and O–H groups in total. The Morgan fingerprint density at radius 3 is 2.59 bits per heavy atom. The van der Waals surface area contributed by atoms with Gasteiger partial charge in [0.15, 0.2) is 0 Å². The molecule has 1 saturated heterocycles. The second kappa shape index (κ2) is 6.46. The first-order valence-electron chi connectivity index (χ1n) is 7.99. The lowest BCUT2D eigenvalue weighted by molar-refractivity contribution is -0.137. The number of H-pyrrole nitrogens is 1. The third-order valence-corrected chi connectivity index (χ3v) is 4.74.